The molecule has 0 aliphatic rings. The summed E-state index contributed by atoms with van der Waals surface area (Å²) >= 11 is 1.39. The van der Waals surface area contributed by atoms with Gasteiger partial charge in [0.2, 0.25) is 0 Å². The lowest BCUT2D eigenvalue weighted by Gasteiger charge is -2.22. The fraction of sp³-hybridized carbons (Fsp3) is 0.294. The van der Waals surface area contributed by atoms with Crippen LogP contribution in [0.2, 0.25) is 0 Å². The monoisotopic (exact) mass is 330 g/mol. The van der Waals surface area contributed by atoms with E-state index in [1.54, 1.807) is 6.20 Å². The van der Waals surface area contributed by atoms with Crippen LogP contribution in [0.4, 0.5) is 0 Å². The molecule has 6 heteroatoms. The minimum absolute atomic E-state index is 0.335. The molecule has 2 rings (SSSR count). The Kier molecular flexibility index (Phi) is 6.31. The average molecular weight is 330 g/mol. The van der Waals surface area contributed by atoms with Crippen LogP contribution in [0.5, 0.6) is 0 Å². The number of carbonyl (C=O) groups excluding carboxylic acids is 3. The van der Waals surface area contributed by atoms with E-state index in [2.05, 4.69) is 4.98 Å². The van der Waals surface area contributed by atoms with Crippen molar-refractivity contribution in [3.05, 3.63) is 40.9 Å². The molecule has 0 aliphatic heterocycles. The van der Waals surface area contributed by atoms with Gasteiger partial charge in [0.05, 0.1) is 21.5 Å². The van der Waals surface area contributed by atoms with Gasteiger partial charge in [0, 0.05) is 19.2 Å². The first-order chi connectivity index (χ1) is 11.2. The molecule has 0 amide bonds. The normalized spacial score (nSPS) is 12.1. The fourth-order valence-corrected chi connectivity index (χ4v) is 3.28. The number of pyridine rings is 1. The third kappa shape index (κ3) is 4.40. The number of rotatable bonds is 9. The lowest BCUT2D eigenvalue weighted by atomic mass is 10.1. The molecule has 0 saturated carbocycles. The van der Waals surface area contributed by atoms with Crippen LogP contribution in [0, 0.1) is 0 Å². The maximum Gasteiger partial charge on any atom is 0.160 e. The van der Waals surface area contributed by atoms with Crippen LogP contribution in [0.25, 0.3) is 10.6 Å². The predicted molar refractivity (Wildman–Crippen MR) is 89.6 cm³/mol. The molecule has 1 unspecified atom stereocenters. The second-order valence-corrected chi connectivity index (χ2v) is 6.28. The van der Waals surface area contributed by atoms with Crippen molar-refractivity contribution in [3.8, 4) is 10.6 Å². The highest BCUT2D eigenvalue weighted by atomic mass is 32.1. The van der Waals surface area contributed by atoms with Gasteiger partial charge in [0.1, 0.15) is 12.6 Å². The van der Waals surface area contributed by atoms with Crippen LogP contribution in [0.1, 0.15) is 28.1 Å². The van der Waals surface area contributed by atoms with E-state index in [9.17, 15) is 14.4 Å². The van der Waals surface area contributed by atoms with Crippen LogP contribution >= 0.6 is 11.3 Å². The summed E-state index contributed by atoms with van der Waals surface area (Å²) in [4.78, 5) is 40.7. The molecule has 0 aliphatic carbocycles. The molecular formula is C17H18N2O3S. The van der Waals surface area contributed by atoms with E-state index in [4.69, 9.17) is 0 Å². The molecule has 0 spiro atoms. The van der Waals surface area contributed by atoms with Gasteiger partial charge >= 0.3 is 0 Å². The Balaban J connectivity index is 2.19. The summed E-state index contributed by atoms with van der Waals surface area (Å²) in [6.07, 6.45) is 5.03. The van der Waals surface area contributed by atoms with Crippen molar-refractivity contribution in [1.29, 1.82) is 0 Å². The van der Waals surface area contributed by atoms with Gasteiger partial charge in [-0.25, -0.2) is 0 Å². The lowest BCUT2D eigenvalue weighted by molar-refractivity contribution is -0.113. The Morgan fingerprint density at radius 1 is 1.30 bits per heavy atom. The molecule has 0 bridgehead atoms. The minimum atomic E-state index is -0.335. The summed E-state index contributed by atoms with van der Waals surface area (Å²) in [6, 6.07) is 7.24. The van der Waals surface area contributed by atoms with Crippen LogP contribution in [0.3, 0.4) is 0 Å². The summed E-state index contributed by atoms with van der Waals surface area (Å²) < 4.78 is 0. The Morgan fingerprint density at radius 3 is 2.74 bits per heavy atom. The Bertz CT molecular complexity index is 670. The summed E-state index contributed by atoms with van der Waals surface area (Å²) in [5.74, 6) is 0. The van der Waals surface area contributed by atoms with E-state index >= 15 is 0 Å². The van der Waals surface area contributed by atoms with Gasteiger partial charge in [0.15, 0.2) is 6.29 Å². The molecule has 0 radical (unpaired) electrons. The molecule has 0 fully saturated rings. The first-order valence-electron chi connectivity index (χ1n) is 7.28. The van der Waals surface area contributed by atoms with Gasteiger partial charge in [-0.3, -0.25) is 14.7 Å². The first-order valence-corrected chi connectivity index (χ1v) is 8.09. The summed E-state index contributed by atoms with van der Waals surface area (Å²) in [5, 5.41) is 0. The van der Waals surface area contributed by atoms with Crippen molar-refractivity contribution in [3.63, 3.8) is 0 Å². The predicted octanol–water partition coefficient (Wildman–Crippen LogP) is 2.60. The van der Waals surface area contributed by atoms with Gasteiger partial charge in [-0.1, -0.05) is 6.07 Å². The third-order valence-corrected chi connectivity index (χ3v) is 4.71. The zero-order valence-electron chi connectivity index (χ0n) is 12.8. The second-order valence-electron chi connectivity index (χ2n) is 5.20. The summed E-state index contributed by atoms with van der Waals surface area (Å²) in [6.45, 7) is 0.472. The van der Waals surface area contributed by atoms with E-state index in [1.807, 2.05) is 36.2 Å². The Labute approximate surface area is 139 Å². The second kappa shape index (κ2) is 8.45. The standard InChI is InChI=1S/C17H18N2O3S/c1-19(14(11-21)5-4-8-20)10-13-9-16(23-17(13)12-22)15-6-2-3-7-18-15/h2-3,6-9,11-12,14H,4-5,10H2,1H3. The number of aromatic nitrogens is 1. The number of aldehydes is 3. The summed E-state index contributed by atoms with van der Waals surface area (Å²) in [7, 11) is 1.82. The van der Waals surface area contributed by atoms with Crippen molar-refractivity contribution in [1.82, 2.24) is 9.88 Å². The number of hydrogen-bond donors (Lipinski definition) is 0. The molecular weight excluding hydrogens is 312 g/mol. The van der Waals surface area contributed by atoms with Crippen LogP contribution < -0.4 is 0 Å². The lowest BCUT2D eigenvalue weighted by Crippen LogP contribution is -2.32. The number of nitrogens with zero attached hydrogens (tertiary/aromatic N) is 2. The van der Waals surface area contributed by atoms with Crippen molar-refractivity contribution in [2.45, 2.75) is 25.4 Å². The number of likely N-dealkylation sites (N-methyl/N-ethyl adjacent to an activating group) is 1. The topological polar surface area (TPSA) is 67.3 Å². The van der Waals surface area contributed by atoms with Gasteiger partial charge in [-0.15, -0.1) is 11.3 Å². The van der Waals surface area contributed by atoms with Gasteiger partial charge in [-0.2, -0.15) is 0 Å². The van der Waals surface area contributed by atoms with Gasteiger partial charge in [0.25, 0.3) is 0 Å². The van der Waals surface area contributed by atoms with E-state index in [0.717, 1.165) is 35.0 Å². The smallest absolute Gasteiger partial charge is 0.160 e. The highest BCUT2D eigenvalue weighted by Gasteiger charge is 2.17. The van der Waals surface area contributed by atoms with Crippen molar-refractivity contribution < 1.29 is 14.4 Å². The average Bonchev–Trinajstić information content (AvgIpc) is 2.99. The van der Waals surface area contributed by atoms with E-state index in [0.29, 0.717) is 24.3 Å². The Morgan fingerprint density at radius 2 is 2.13 bits per heavy atom. The SMILES string of the molecule is CN(Cc1cc(-c2ccccn2)sc1C=O)C(C=O)CCC=O. The maximum atomic E-state index is 11.3. The zero-order chi connectivity index (χ0) is 16.7. The first kappa shape index (κ1) is 17.2. The molecule has 2 heterocycles. The summed E-state index contributed by atoms with van der Waals surface area (Å²) in [5.41, 5.74) is 1.69. The van der Waals surface area contributed by atoms with Crippen molar-refractivity contribution in [2.24, 2.45) is 0 Å². The van der Waals surface area contributed by atoms with Crippen LogP contribution in [-0.2, 0) is 16.1 Å². The molecule has 1 atom stereocenters. The highest BCUT2D eigenvalue weighted by Crippen LogP contribution is 2.30. The molecule has 0 aromatic carbocycles. The highest BCUT2D eigenvalue weighted by molar-refractivity contribution is 7.17. The third-order valence-electron chi connectivity index (χ3n) is 3.59. The molecule has 2 aromatic heterocycles. The van der Waals surface area contributed by atoms with Gasteiger partial charge in [-0.05, 0) is 37.2 Å². The Hall–Kier alpha value is -2.18. The molecule has 23 heavy (non-hydrogen) atoms. The molecule has 0 saturated heterocycles. The molecule has 0 N–H and O–H groups in total. The van der Waals surface area contributed by atoms with Crippen molar-refractivity contribution in [2.75, 3.05) is 7.05 Å². The quantitative estimate of drug-likeness (QED) is 0.661. The minimum Gasteiger partial charge on any atom is -0.303 e. The van der Waals surface area contributed by atoms with Crippen LogP contribution in [-0.4, -0.2) is 41.8 Å². The largest absolute Gasteiger partial charge is 0.303 e. The molecule has 120 valence electrons. The van der Waals surface area contributed by atoms with Crippen LogP contribution in [0.15, 0.2) is 30.5 Å². The van der Waals surface area contributed by atoms with E-state index in [1.165, 1.54) is 11.3 Å². The van der Waals surface area contributed by atoms with E-state index < -0.39 is 0 Å². The maximum absolute atomic E-state index is 11.3. The fourth-order valence-electron chi connectivity index (χ4n) is 2.32. The van der Waals surface area contributed by atoms with Gasteiger partial charge < -0.3 is 9.59 Å². The number of thiophene rings is 1. The van der Waals surface area contributed by atoms with Crippen molar-refractivity contribution >= 4 is 30.2 Å². The number of carbonyl (C=O) groups is 3. The number of hydrogen-bond acceptors (Lipinski definition) is 6. The zero-order valence-corrected chi connectivity index (χ0v) is 13.7. The molecule has 5 nitrogen and oxygen atoms in total. The van der Waals surface area contributed by atoms with E-state index in [-0.39, 0.29) is 6.04 Å². The molecule has 2 aromatic rings.